The molecule has 0 bridgehead atoms. The topological polar surface area (TPSA) is 219 Å². The Morgan fingerprint density at radius 3 is 1.43 bits per heavy atom. The molecule has 1 aliphatic heterocycles. The monoisotopic (exact) mass is 512 g/mol. The molecule has 0 aromatic heterocycles. The summed E-state index contributed by atoms with van der Waals surface area (Å²) in [4.78, 5) is 0. The van der Waals surface area contributed by atoms with Crippen molar-refractivity contribution >= 4 is 0 Å². The molecule has 0 atom stereocenters. The normalized spacial score (nSPS) is 11.6. The van der Waals surface area contributed by atoms with Crippen molar-refractivity contribution in [1.82, 2.24) is 0 Å². The SMILES string of the molecule is Oc1cc(O)c(Oc2cc(O)c(Oc3c(O)cc(O)cc3O)c3c2Oc2cc(O)cc(O)c2O3)c(O)c1. The van der Waals surface area contributed by atoms with E-state index in [2.05, 4.69) is 0 Å². The number of phenols is 9. The van der Waals surface area contributed by atoms with Crippen LogP contribution in [0.2, 0.25) is 0 Å². The number of phenolic OH excluding ortho intramolecular Hbond substituents is 9. The van der Waals surface area contributed by atoms with Crippen molar-refractivity contribution in [2.75, 3.05) is 0 Å². The molecular weight excluding hydrogens is 496 g/mol. The van der Waals surface area contributed by atoms with Gasteiger partial charge < -0.3 is 64.9 Å². The Morgan fingerprint density at radius 1 is 0.405 bits per heavy atom. The largest absolute Gasteiger partial charge is 0.508 e. The summed E-state index contributed by atoms with van der Waals surface area (Å²) in [5, 5.41) is 90.4. The van der Waals surface area contributed by atoms with Crippen molar-refractivity contribution in [3.8, 4) is 97.7 Å². The Kier molecular flexibility index (Phi) is 5.10. The van der Waals surface area contributed by atoms with Gasteiger partial charge in [0.25, 0.3) is 0 Å². The second kappa shape index (κ2) is 8.20. The second-order valence-corrected chi connectivity index (χ2v) is 7.71. The maximum atomic E-state index is 10.7. The quantitative estimate of drug-likeness (QED) is 0.162. The van der Waals surface area contributed by atoms with Crippen LogP contribution in [0.15, 0.2) is 42.5 Å². The highest BCUT2D eigenvalue weighted by Gasteiger charge is 2.34. The first-order valence-corrected chi connectivity index (χ1v) is 10.2. The van der Waals surface area contributed by atoms with Gasteiger partial charge in [-0.15, -0.1) is 0 Å². The van der Waals surface area contributed by atoms with E-state index < -0.39 is 74.7 Å². The highest BCUT2D eigenvalue weighted by molar-refractivity contribution is 5.73. The average Bonchev–Trinajstić information content (AvgIpc) is 2.79. The van der Waals surface area contributed by atoms with Crippen LogP contribution in [0.25, 0.3) is 0 Å². The summed E-state index contributed by atoms with van der Waals surface area (Å²) < 4.78 is 22.4. The van der Waals surface area contributed by atoms with Gasteiger partial charge in [-0.2, -0.15) is 0 Å². The van der Waals surface area contributed by atoms with Crippen molar-refractivity contribution in [3.63, 3.8) is 0 Å². The molecule has 0 unspecified atom stereocenters. The Labute approximate surface area is 205 Å². The molecule has 0 radical (unpaired) electrons. The first-order chi connectivity index (χ1) is 17.5. The fourth-order valence-corrected chi connectivity index (χ4v) is 3.50. The zero-order valence-electron chi connectivity index (χ0n) is 18.2. The molecule has 5 rings (SSSR count). The molecule has 0 spiro atoms. The van der Waals surface area contributed by atoms with E-state index in [0.29, 0.717) is 0 Å². The van der Waals surface area contributed by atoms with Gasteiger partial charge in [0.2, 0.25) is 34.5 Å². The fraction of sp³-hybridized carbons (Fsp3) is 0. The lowest BCUT2D eigenvalue weighted by Gasteiger charge is -2.26. The maximum absolute atomic E-state index is 10.7. The molecule has 4 aromatic carbocycles. The number of benzene rings is 4. The minimum atomic E-state index is -0.733. The highest BCUT2D eigenvalue weighted by atomic mass is 16.6. The first-order valence-electron chi connectivity index (χ1n) is 10.2. The van der Waals surface area contributed by atoms with Crippen LogP contribution >= 0.6 is 0 Å². The van der Waals surface area contributed by atoms with Crippen LogP contribution in [-0.2, 0) is 0 Å². The number of hydrogen-bond donors (Lipinski definition) is 9. The van der Waals surface area contributed by atoms with Crippen LogP contribution in [0, 0.1) is 0 Å². The van der Waals surface area contributed by atoms with E-state index in [1.54, 1.807) is 0 Å². The predicted molar refractivity (Wildman–Crippen MR) is 121 cm³/mol. The summed E-state index contributed by atoms with van der Waals surface area (Å²) in [6.07, 6.45) is 0. The van der Waals surface area contributed by atoms with E-state index in [1.807, 2.05) is 0 Å². The van der Waals surface area contributed by atoms with Crippen molar-refractivity contribution in [1.29, 1.82) is 0 Å². The smallest absolute Gasteiger partial charge is 0.220 e. The van der Waals surface area contributed by atoms with E-state index in [4.69, 9.17) is 18.9 Å². The lowest BCUT2D eigenvalue weighted by atomic mass is 10.2. The van der Waals surface area contributed by atoms with Gasteiger partial charge in [-0.1, -0.05) is 0 Å². The molecule has 1 heterocycles. The molecule has 0 amide bonds. The predicted octanol–water partition coefficient (Wildman–Crippen LogP) is 4.52. The van der Waals surface area contributed by atoms with Crippen LogP contribution in [0.4, 0.5) is 0 Å². The van der Waals surface area contributed by atoms with Gasteiger partial charge >= 0.3 is 0 Å². The standard InChI is InChI=1S/C24H16O13/c25-8-1-11(28)19(12(29)2-8)34-18-7-16(33)22(36-20-13(30)3-9(26)4-14(20)31)24-23(18)35-17-6-10(27)5-15(32)21(17)37-24/h1-7,25-33H. The first kappa shape index (κ1) is 23.0. The van der Waals surface area contributed by atoms with Gasteiger partial charge in [-0.05, 0) is 0 Å². The summed E-state index contributed by atoms with van der Waals surface area (Å²) in [5.74, 6) is -8.88. The Balaban J connectivity index is 1.69. The Morgan fingerprint density at radius 2 is 0.865 bits per heavy atom. The van der Waals surface area contributed by atoms with Gasteiger partial charge in [0, 0.05) is 42.5 Å². The lowest BCUT2D eigenvalue weighted by molar-refractivity contribution is 0.292. The zero-order valence-corrected chi connectivity index (χ0v) is 18.2. The lowest BCUT2D eigenvalue weighted by Crippen LogP contribution is -2.03. The molecular formula is C24H16O13. The number of ether oxygens (including phenoxy) is 4. The van der Waals surface area contributed by atoms with Crippen LogP contribution in [-0.4, -0.2) is 46.0 Å². The number of hydrogen-bond acceptors (Lipinski definition) is 13. The molecule has 37 heavy (non-hydrogen) atoms. The molecule has 13 heteroatoms. The molecule has 190 valence electrons. The molecule has 1 aliphatic rings. The summed E-state index contributed by atoms with van der Waals surface area (Å²) >= 11 is 0. The van der Waals surface area contributed by atoms with Crippen molar-refractivity contribution in [2.24, 2.45) is 0 Å². The van der Waals surface area contributed by atoms with Crippen LogP contribution in [0.1, 0.15) is 0 Å². The number of fused-ring (bicyclic) bond motifs is 2. The van der Waals surface area contributed by atoms with E-state index in [1.165, 1.54) is 0 Å². The van der Waals surface area contributed by atoms with Gasteiger partial charge in [0.1, 0.15) is 17.2 Å². The summed E-state index contributed by atoms with van der Waals surface area (Å²) in [5.41, 5.74) is 0. The molecule has 0 fully saturated rings. The van der Waals surface area contributed by atoms with Crippen LogP contribution in [0.3, 0.4) is 0 Å². The average molecular weight is 512 g/mol. The zero-order chi connectivity index (χ0) is 26.6. The third-order valence-electron chi connectivity index (χ3n) is 5.06. The Bertz CT molecular complexity index is 1530. The summed E-state index contributed by atoms with van der Waals surface area (Å²) in [6, 6.07) is 6.39. The third kappa shape index (κ3) is 3.95. The van der Waals surface area contributed by atoms with Crippen molar-refractivity contribution in [2.45, 2.75) is 0 Å². The van der Waals surface area contributed by atoms with Crippen molar-refractivity contribution in [3.05, 3.63) is 42.5 Å². The van der Waals surface area contributed by atoms with E-state index in [9.17, 15) is 46.0 Å². The third-order valence-corrected chi connectivity index (χ3v) is 5.06. The van der Waals surface area contributed by atoms with Gasteiger partial charge in [-0.3, -0.25) is 0 Å². The number of rotatable bonds is 4. The molecule has 0 saturated heterocycles. The van der Waals surface area contributed by atoms with E-state index >= 15 is 0 Å². The highest BCUT2D eigenvalue weighted by Crippen LogP contribution is 2.62. The summed E-state index contributed by atoms with van der Waals surface area (Å²) in [6.45, 7) is 0. The van der Waals surface area contributed by atoms with Crippen LogP contribution < -0.4 is 18.9 Å². The molecule has 0 aliphatic carbocycles. The summed E-state index contributed by atoms with van der Waals surface area (Å²) in [7, 11) is 0. The minimum absolute atomic E-state index is 0.207. The van der Waals surface area contributed by atoms with Gasteiger partial charge in [-0.25, -0.2) is 0 Å². The Hall–Kier alpha value is -5.72. The fourth-order valence-electron chi connectivity index (χ4n) is 3.50. The van der Waals surface area contributed by atoms with E-state index in [0.717, 1.165) is 42.5 Å². The van der Waals surface area contributed by atoms with E-state index in [-0.39, 0.29) is 23.0 Å². The minimum Gasteiger partial charge on any atom is -0.508 e. The second-order valence-electron chi connectivity index (χ2n) is 7.71. The van der Waals surface area contributed by atoms with Crippen molar-refractivity contribution < 1.29 is 64.9 Å². The van der Waals surface area contributed by atoms with Crippen LogP contribution in [0.5, 0.6) is 97.7 Å². The van der Waals surface area contributed by atoms with Gasteiger partial charge in [0.05, 0.1) is 0 Å². The van der Waals surface area contributed by atoms with Gasteiger partial charge in [0.15, 0.2) is 46.0 Å². The maximum Gasteiger partial charge on any atom is 0.220 e. The molecule has 4 aromatic rings. The molecule has 13 nitrogen and oxygen atoms in total. The number of aromatic hydroxyl groups is 9. The molecule has 0 saturated carbocycles. The molecule has 9 N–H and O–H groups in total.